The lowest BCUT2D eigenvalue weighted by Crippen LogP contribution is -2.52. The zero-order chi connectivity index (χ0) is 17.3. The van der Waals surface area contributed by atoms with Crippen molar-refractivity contribution in [3.63, 3.8) is 0 Å². The van der Waals surface area contributed by atoms with E-state index >= 15 is 0 Å². The van der Waals surface area contributed by atoms with Gasteiger partial charge in [0.1, 0.15) is 5.41 Å². The zero-order valence-electron chi connectivity index (χ0n) is 13.5. The quantitative estimate of drug-likeness (QED) is 0.625. The average molecular weight is 394 g/mol. The highest BCUT2D eigenvalue weighted by atomic mass is 79.9. The summed E-state index contributed by atoms with van der Waals surface area (Å²) in [6.07, 6.45) is 1.97. The van der Waals surface area contributed by atoms with Crippen LogP contribution in [0.15, 0.2) is 22.7 Å². The van der Waals surface area contributed by atoms with E-state index in [4.69, 9.17) is 0 Å². The Morgan fingerprint density at radius 2 is 1.88 bits per heavy atom. The van der Waals surface area contributed by atoms with Gasteiger partial charge in [0.05, 0.1) is 0 Å². The number of nitrogens with one attached hydrogen (secondary N) is 1. The molecule has 3 rings (SSSR count). The van der Waals surface area contributed by atoms with Crippen LogP contribution in [0.5, 0.6) is 0 Å². The molecular formula is C17H20BrN3O3. The van der Waals surface area contributed by atoms with E-state index in [1.54, 1.807) is 9.80 Å². The van der Waals surface area contributed by atoms with Gasteiger partial charge in [0.15, 0.2) is 0 Å². The first-order chi connectivity index (χ1) is 11.5. The van der Waals surface area contributed by atoms with Gasteiger partial charge in [0, 0.05) is 36.3 Å². The molecule has 1 heterocycles. The molecule has 0 spiro atoms. The minimum atomic E-state index is -0.928. The third-order valence-corrected chi connectivity index (χ3v) is 5.27. The Morgan fingerprint density at radius 1 is 1.21 bits per heavy atom. The number of halogens is 1. The highest BCUT2D eigenvalue weighted by Gasteiger charge is 2.58. The summed E-state index contributed by atoms with van der Waals surface area (Å²) in [5.74, 6) is -0.337. The van der Waals surface area contributed by atoms with Gasteiger partial charge in [-0.15, -0.1) is 0 Å². The molecule has 2 aliphatic rings. The van der Waals surface area contributed by atoms with Crippen molar-refractivity contribution in [2.24, 2.45) is 5.41 Å². The van der Waals surface area contributed by atoms with Crippen LogP contribution in [-0.2, 0) is 14.4 Å². The van der Waals surface area contributed by atoms with E-state index in [9.17, 15) is 14.4 Å². The van der Waals surface area contributed by atoms with Crippen molar-refractivity contribution in [2.45, 2.75) is 19.8 Å². The Balaban J connectivity index is 1.68. The number of anilines is 1. The third kappa shape index (κ3) is 3.17. The Hall–Kier alpha value is -1.89. The Bertz CT molecular complexity index is 680. The van der Waals surface area contributed by atoms with Gasteiger partial charge < -0.3 is 15.1 Å². The van der Waals surface area contributed by atoms with Gasteiger partial charge in [0.25, 0.3) is 0 Å². The number of rotatable bonds is 4. The van der Waals surface area contributed by atoms with E-state index in [-0.39, 0.29) is 11.8 Å². The van der Waals surface area contributed by atoms with Crippen LogP contribution in [0.4, 0.5) is 5.69 Å². The summed E-state index contributed by atoms with van der Waals surface area (Å²) in [7, 11) is 0. The van der Waals surface area contributed by atoms with Gasteiger partial charge in [-0.25, -0.2) is 0 Å². The van der Waals surface area contributed by atoms with E-state index in [1.807, 2.05) is 25.1 Å². The van der Waals surface area contributed by atoms with Gasteiger partial charge in [-0.1, -0.05) is 15.9 Å². The molecule has 2 fully saturated rings. The summed E-state index contributed by atoms with van der Waals surface area (Å²) in [6.45, 7) is 3.95. The van der Waals surface area contributed by atoms with Crippen molar-refractivity contribution in [3.05, 3.63) is 28.2 Å². The van der Waals surface area contributed by atoms with Gasteiger partial charge in [-0.3, -0.25) is 14.4 Å². The van der Waals surface area contributed by atoms with Crippen LogP contribution in [0.25, 0.3) is 0 Å². The molecule has 1 saturated carbocycles. The number of piperazine rings is 1. The smallest absolute Gasteiger partial charge is 0.240 e. The number of hydrogen-bond acceptors (Lipinski definition) is 3. The molecule has 128 valence electrons. The second kappa shape index (κ2) is 6.55. The van der Waals surface area contributed by atoms with E-state index in [0.717, 1.165) is 22.1 Å². The predicted octanol–water partition coefficient (Wildman–Crippen LogP) is 1.78. The summed E-state index contributed by atoms with van der Waals surface area (Å²) < 4.78 is 0.947. The molecule has 1 aliphatic heterocycles. The molecule has 1 saturated heterocycles. The van der Waals surface area contributed by atoms with Crippen molar-refractivity contribution in [1.82, 2.24) is 9.80 Å². The van der Waals surface area contributed by atoms with Crippen molar-refractivity contribution in [2.75, 3.05) is 31.5 Å². The predicted molar refractivity (Wildman–Crippen MR) is 93.4 cm³/mol. The molecule has 1 aromatic rings. The molecule has 1 aromatic carbocycles. The van der Waals surface area contributed by atoms with E-state index in [1.165, 1.54) is 0 Å². The summed E-state index contributed by atoms with van der Waals surface area (Å²) in [5.41, 5.74) is 0.747. The lowest BCUT2D eigenvalue weighted by molar-refractivity contribution is -0.144. The molecular weight excluding hydrogens is 374 g/mol. The summed E-state index contributed by atoms with van der Waals surface area (Å²) in [4.78, 5) is 39.6. The second-order valence-electron chi connectivity index (χ2n) is 6.43. The lowest BCUT2D eigenvalue weighted by atomic mass is 10.0. The number of benzene rings is 1. The van der Waals surface area contributed by atoms with Crippen molar-refractivity contribution < 1.29 is 14.4 Å². The van der Waals surface area contributed by atoms with Crippen LogP contribution in [0.1, 0.15) is 18.4 Å². The van der Waals surface area contributed by atoms with Gasteiger partial charge in [-0.05, 0) is 43.5 Å². The molecule has 3 amide bonds. The maximum absolute atomic E-state index is 12.8. The number of nitrogens with zero attached hydrogens (tertiary/aromatic N) is 2. The Morgan fingerprint density at radius 3 is 2.42 bits per heavy atom. The van der Waals surface area contributed by atoms with Crippen LogP contribution < -0.4 is 5.32 Å². The molecule has 0 radical (unpaired) electrons. The minimum Gasteiger partial charge on any atom is -0.342 e. The van der Waals surface area contributed by atoms with Gasteiger partial charge in [0.2, 0.25) is 18.2 Å². The molecule has 24 heavy (non-hydrogen) atoms. The second-order valence-corrected chi connectivity index (χ2v) is 7.34. The van der Waals surface area contributed by atoms with Crippen LogP contribution >= 0.6 is 15.9 Å². The number of hydrogen-bond donors (Lipinski definition) is 1. The molecule has 0 aromatic heterocycles. The number of carbonyl (C=O) groups excluding carboxylic acids is 3. The maximum atomic E-state index is 12.8. The zero-order valence-corrected chi connectivity index (χ0v) is 15.1. The molecule has 0 bridgehead atoms. The highest BCUT2D eigenvalue weighted by Crippen LogP contribution is 2.48. The fourth-order valence-electron chi connectivity index (χ4n) is 3.01. The SMILES string of the molecule is Cc1cc(Br)ccc1NC(=O)C1(C(=O)N2CCN(C=O)CC2)CC1. The standard InChI is InChI=1S/C17H20BrN3O3/c1-12-10-13(18)2-3-14(12)19-15(23)17(4-5-17)16(24)21-8-6-20(11-22)7-9-21/h2-3,10-11H,4-9H2,1H3,(H,19,23). The van der Waals surface area contributed by atoms with Gasteiger partial charge in [-0.2, -0.15) is 0 Å². The molecule has 0 atom stereocenters. The van der Waals surface area contributed by atoms with E-state index < -0.39 is 5.41 Å². The molecule has 1 N–H and O–H groups in total. The van der Waals surface area contributed by atoms with E-state index in [0.29, 0.717) is 39.0 Å². The molecule has 0 unspecified atom stereocenters. The molecule has 1 aliphatic carbocycles. The lowest BCUT2D eigenvalue weighted by Gasteiger charge is -2.34. The maximum Gasteiger partial charge on any atom is 0.240 e. The summed E-state index contributed by atoms with van der Waals surface area (Å²) in [5, 5.41) is 2.91. The Kier molecular flexibility index (Phi) is 4.62. The van der Waals surface area contributed by atoms with Crippen molar-refractivity contribution in [3.8, 4) is 0 Å². The highest BCUT2D eigenvalue weighted by molar-refractivity contribution is 9.10. The fourth-order valence-corrected chi connectivity index (χ4v) is 3.48. The first-order valence-electron chi connectivity index (χ1n) is 8.02. The largest absolute Gasteiger partial charge is 0.342 e. The number of amides is 3. The van der Waals surface area contributed by atoms with Crippen LogP contribution in [0, 0.1) is 12.3 Å². The number of aryl methyl sites for hydroxylation is 1. The fraction of sp³-hybridized carbons (Fsp3) is 0.471. The topological polar surface area (TPSA) is 69.7 Å². The summed E-state index contributed by atoms with van der Waals surface area (Å²) >= 11 is 3.40. The summed E-state index contributed by atoms with van der Waals surface area (Å²) in [6, 6.07) is 5.62. The van der Waals surface area contributed by atoms with Crippen LogP contribution in [0.2, 0.25) is 0 Å². The first-order valence-corrected chi connectivity index (χ1v) is 8.82. The van der Waals surface area contributed by atoms with Gasteiger partial charge >= 0.3 is 0 Å². The number of carbonyl (C=O) groups is 3. The monoisotopic (exact) mass is 393 g/mol. The van der Waals surface area contributed by atoms with Crippen LogP contribution in [0.3, 0.4) is 0 Å². The van der Waals surface area contributed by atoms with Crippen LogP contribution in [-0.4, -0.2) is 54.2 Å². The Labute approximate surface area is 149 Å². The normalized spacial score (nSPS) is 18.9. The average Bonchev–Trinajstić information content (AvgIpc) is 3.38. The molecule has 6 nitrogen and oxygen atoms in total. The molecule has 7 heteroatoms. The first kappa shape index (κ1) is 17.0. The minimum absolute atomic E-state index is 0.111. The third-order valence-electron chi connectivity index (χ3n) is 4.78. The van der Waals surface area contributed by atoms with Crippen molar-refractivity contribution in [1.29, 1.82) is 0 Å². The van der Waals surface area contributed by atoms with E-state index in [2.05, 4.69) is 21.2 Å². The van der Waals surface area contributed by atoms with Crippen molar-refractivity contribution >= 4 is 39.8 Å².